The van der Waals surface area contributed by atoms with E-state index < -0.39 is 0 Å². The molecular formula is C48H28O2. The molecule has 0 spiro atoms. The number of benzene rings is 9. The van der Waals surface area contributed by atoms with Crippen LogP contribution in [0.3, 0.4) is 0 Å². The lowest BCUT2D eigenvalue weighted by atomic mass is 9.85. The molecule has 0 atom stereocenters. The molecule has 2 nitrogen and oxygen atoms in total. The number of hydrogen-bond acceptors (Lipinski definition) is 2. The van der Waals surface area contributed by atoms with Gasteiger partial charge in [0.1, 0.15) is 22.3 Å². The van der Waals surface area contributed by atoms with Crippen LogP contribution in [0.1, 0.15) is 0 Å². The van der Waals surface area contributed by atoms with E-state index >= 15 is 0 Å². The van der Waals surface area contributed by atoms with Crippen molar-refractivity contribution >= 4 is 76.2 Å². The Morgan fingerprint density at radius 1 is 0.280 bits per heavy atom. The predicted octanol–water partition coefficient (Wildman–Crippen LogP) is 13.9. The first-order valence-electron chi connectivity index (χ1n) is 17.1. The summed E-state index contributed by atoms with van der Waals surface area (Å²) in [5.74, 6) is 0. The minimum Gasteiger partial charge on any atom is -0.456 e. The molecule has 0 saturated heterocycles. The van der Waals surface area contributed by atoms with Crippen molar-refractivity contribution in [1.29, 1.82) is 0 Å². The lowest BCUT2D eigenvalue weighted by Gasteiger charge is -2.18. The summed E-state index contributed by atoms with van der Waals surface area (Å²) in [6, 6.07) is 61.0. The van der Waals surface area contributed by atoms with Crippen molar-refractivity contribution in [2.75, 3.05) is 0 Å². The number of furan rings is 2. The number of para-hydroxylation sites is 1. The van der Waals surface area contributed by atoms with Crippen molar-refractivity contribution in [1.82, 2.24) is 0 Å². The smallest absolute Gasteiger partial charge is 0.147 e. The molecule has 0 radical (unpaired) electrons. The molecule has 0 fully saturated rings. The first kappa shape index (κ1) is 27.3. The molecule has 9 aromatic carbocycles. The summed E-state index contributed by atoms with van der Waals surface area (Å²) in [6.07, 6.45) is 0. The maximum absolute atomic E-state index is 6.59. The fourth-order valence-electron chi connectivity index (χ4n) is 8.16. The maximum atomic E-state index is 6.59. The number of rotatable bonds is 3. The normalized spacial score (nSPS) is 12.0. The Kier molecular flexibility index (Phi) is 5.70. The van der Waals surface area contributed by atoms with E-state index in [0.29, 0.717) is 0 Å². The van der Waals surface area contributed by atoms with Crippen LogP contribution in [0.2, 0.25) is 0 Å². The lowest BCUT2D eigenvalue weighted by Crippen LogP contribution is -1.90. The number of hydrogen-bond donors (Lipinski definition) is 0. The molecule has 11 rings (SSSR count). The van der Waals surface area contributed by atoms with Crippen LogP contribution in [-0.4, -0.2) is 0 Å². The molecule has 2 aromatic heterocycles. The second kappa shape index (κ2) is 10.4. The molecule has 0 amide bonds. The van der Waals surface area contributed by atoms with Gasteiger partial charge < -0.3 is 8.83 Å². The van der Waals surface area contributed by atoms with E-state index in [4.69, 9.17) is 8.83 Å². The molecule has 2 heterocycles. The van der Waals surface area contributed by atoms with Gasteiger partial charge in [0.25, 0.3) is 0 Å². The van der Waals surface area contributed by atoms with Gasteiger partial charge in [0.05, 0.1) is 5.39 Å². The van der Waals surface area contributed by atoms with Gasteiger partial charge in [0, 0.05) is 16.2 Å². The Labute approximate surface area is 287 Å². The van der Waals surface area contributed by atoms with Crippen molar-refractivity contribution < 1.29 is 8.83 Å². The molecule has 0 bridgehead atoms. The summed E-state index contributed by atoms with van der Waals surface area (Å²) >= 11 is 0. The van der Waals surface area contributed by atoms with Crippen LogP contribution in [0.15, 0.2) is 179 Å². The van der Waals surface area contributed by atoms with E-state index in [-0.39, 0.29) is 0 Å². The third kappa shape index (κ3) is 3.96. The highest BCUT2D eigenvalue weighted by molar-refractivity contribution is 6.23. The van der Waals surface area contributed by atoms with Crippen LogP contribution in [-0.2, 0) is 0 Å². The fraction of sp³-hybridized carbons (Fsp3) is 0. The average Bonchev–Trinajstić information content (AvgIpc) is 3.75. The van der Waals surface area contributed by atoms with E-state index in [2.05, 4.69) is 152 Å². The lowest BCUT2D eigenvalue weighted by molar-refractivity contribution is 0.663. The molecule has 11 aromatic rings. The number of fused-ring (bicyclic) bond motifs is 10. The van der Waals surface area contributed by atoms with Crippen molar-refractivity contribution in [3.05, 3.63) is 170 Å². The monoisotopic (exact) mass is 636 g/mol. The van der Waals surface area contributed by atoms with Gasteiger partial charge in [-0.05, 0) is 108 Å². The molecule has 2 heteroatoms. The molecular weight excluding hydrogens is 609 g/mol. The van der Waals surface area contributed by atoms with Gasteiger partial charge in [0.2, 0.25) is 0 Å². The molecule has 0 aliphatic rings. The predicted molar refractivity (Wildman–Crippen MR) is 210 cm³/mol. The van der Waals surface area contributed by atoms with Gasteiger partial charge in [-0.15, -0.1) is 0 Å². The molecule has 0 unspecified atom stereocenters. The van der Waals surface area contributed by atoms with Crippen LogP contribution in [0.25, 0.3) is 110 Å². The average molecular weight is 637 g/mol. The second-order valence-corrected chi connectivity index (χ2v) is 13.2. The van der Waals surface area contributed by atoms with Crippen molar-refractivity contribution in [3.63, 3.8) is 0 Å². The van der Waals surface area contributed by atoms with Crippen molar-refractivity contribution in [2.24, 2.45) is 0 Å². The topological polar surface area (TPSA) is 26.3 Å². The van der Waals surface area contributed by atoms with Crippen LogP contribution < -0.4 is 0 Å². The molecule has 0 saturated carbocycles. The Morgan fingerprint density at radius 2 is 0.820 bits per heavy atom. The van der Waals surface area contributed by atoms with Crippen LogP contribution in [0.4, 0.5) is 0 Å². The van der Waals surface area contributed by atoms with Crippen LogP contribution in [0.5, 0.6) is 0 Å². The van der Waals surface area contributed by atoms with E-state index in [1.54, 1.807) is 0 Å². The summed E-state index contributed by atoms with van der Waals surface area (Å²) in [7, 11) is 0. The van der Waals surface area contributed by atoms with E-state index in [1.165, 1.54) is 54.6 Å². The highest BCUT2D eigenvalue weighted by Crippen LogP contribution is 2.45. The summed E-state index contributed by atoms with van der Waals surface area (Å²) in [5, 5.41) is 11.8. The van der Waals surface area contributed by atoms with Crippen molar-refractivity contribution in [3.8, 4) is 33.4 Å². The Balaban J connectivity index is 1.04. The summed E-state index contributed by atoms with van der Waals surface area (Å²) < 4.78 is 12.7. The van der Waals surface area contributed by atoms with Crippen LogP contribution >= 0.6 is 0 Å². The molecule has 50 heavy (non-hydrogen) atoms. The SMILES string of the molecule is c1ccc(-c2c3ccccc3c(-c3ccc4cc(-c5ccc6c(c5)oc5c6ccc6oc7ccccc7c65)ccc4c3)c3ccccc23)cc1. The largest absolute Gasteiger partial charge is 0.456 e. The third-order valence-electron chi connectivity index (χ3n) is 10.4. The minimum absolute atomic E-state index is 0.847. The second-order valence-electron chi connectivity index (χ2n) is 13.2. The highest BCUT2D eigenvalue weighted by atomic mass is 16.3. The Bertz CT molecular complexity index is 3080. The zero-order valence-corrected chi connectivity index (χ0v) is 27.0. The zero-order chi connectivity index (χ0) is 32.8. The van der Waals surface area contributed by atoms with E-state index in [9.17, 15) is 0 Å². The molecule has 0 aliphatic heterocycles. The fourth-order valence-corrected chi connectivity index (χ4v) is 8.16. The maximum Gasteiger partial charge on any atom is 0.147 e. The third-order valence-corrected chi connectivity index (χ3v) is 10.4. The van der Waals surface area contributed by atoms with Gasteiger partial charge in [-0.2, -0.15) is 0 Å². The van der Waals surface area contributed by atoms with Gasteiger partial charge in [-0.1, -0.05) is 127 Å². The first-order chi connectivity index (χ1) is 24.8. The Hall–Kier alpha value is -6.64. The molecule has 0 aliphatic carbocycles. The minimum atomic E-state index is 0.847. The molecule has 0 N–H and O–H groups in total. The first-order valence-corrected chi connectivity index (χ1v) is 17.1. The van der Waals surface area contributed by atoms with E-state index in [1.807, 2.05) is 18.2 Å². The van der Waals surface area contributed by atoms with Crippen LogP contribution in [0, 0.1) is 0 Å². The zero-order valence-electron chi connectivity index (χ0n) is 27.0. The standard InChI is InChI=1S/C48H28O2/c1-2-10-29(11-3-1)45-36-12-4-6-14-38(36)46(39-15-7-5-13-37(39)45)34-21-20-30-26-31(18-19-32(30)27-34)33-22-23-35-40-24-25-43-47(48(40)50-44(35)28-33)41-16-8-9-17-42(41)49-43/h1-28H. The summed E-state index contributed by atoms with van der Waals surface area (Å²) in [5.41, 5.74) is 10.8. The van der Waals surface area contributed by atoms with Gasteiger partial charge in [-0.3, -0.25) is 0 Å². The summed E-state index contributed by atoms with van der Waals surface area (Å²) in [4.78, 5) is 0. The quantitative estimate of drug-likeness (QED) is 0.180. The van der Waals surface area contributed by atoms with Gasteiger partial charge >= 0.3 is 0 Å². The van der Waals surface area contributed by atoms with Crippen molar-refractivity contribution in [2.45, 2.75) is 0 Å². The highest BCUT2D eigenvalue weighted by Gasteiger charge is 2.18. The van der Waals surface area contributed by atoms with E-state index in [0.717, 1.165) is 55.0 Å². The van der Waals surface area contributed by atoms with Gasteiger partial charge in [-0.25, -0.2) is 0 Å². The summed E-state index contributed by atoms with van der Waals surface area (Å²) in [6.45, 7) is 0. The van der Waals surface area contributed by atoms with Gasteiger partial charge in [0.15, 0.2) is 0 Å². The Morgan fingerprint density at radius 3 is 1.54 bits per heavy atom. The molecule has 232 valence electrons.